The Balaban J connectivity index is 0.000000601. The molecule has 13 N–H and O–H groups in total. The lowest BCUT2D eigenvalue weighted by atomic mass is 10.1. The normalized spacial score (nSPS) is 19.7. The molecule has 4 aromatic rings. The van der Waals surface area contributed by atoms with Gasteiger partial charge in [0.05, 0.1) is 32.1 Å². The molecule has 7 rings (SSSR count). The van der Waals surface area contributed by atoms with Crippen LogP contribution in [0.15, 0.2) is 75.3 Å². The van der Waals surface area contributed by atoms with Gasteiger partial charge in [-0.15, -0.1) is 69.6 Å². The lowest BCUT2D eigenvalue weighted by Crippen LogP contribution is -2.36. The Morgan fingerprint density at radius 3 is 1.99 bits per heavy atom. The highest BCUT2D eigenvalue weighted by molar-refractivity contribution is 7.54. The van der Waals surface area contributed by atoms with Gasteiger partial charge >= 0.3 is 38.8 Å². The summed E-state index contributed by atoms with van der Waals surface area (Å²) in [6.45, 7) is 14.4. The number of aromatic amines is 2. The summed E-state index contributed by atoms with van der Waals surface area (Å²) >= 11 is 33.9. The minimum atomic E-state index is -2.84. The van der Waals surface area contributed by atoms with E-state index in [0.717, 1.165) is 86.0 Å². The Bertz CT molecular complexity index is 3170. The third kappa shape index (κ3) is 34.0. The SMILES string of the molecule is CCCCCOC(=O)Nc1nc(=O)n([C@@H]2O[C@H](C)[C@@H](O)[C@H]2O)cc1F.CNNCc1ccc(C(=O)NC(C)C)cc1.F.N[C@@H](Cc1ccc(N(CCCl)CCCl)cc1)C(=O)O.O=P1(N(CCCl)CCCl)NCCCO1.O=P1(NCCCl)OCCCN1CCCl.O=c1[nH]cc(F)c(=O)[nH]1. The number of amides is 2. The number of nitrogens with two attached hydrogens (primary N) is 1. The quantitative estimate of drug-likeness (QED) is 0.0114. The Morgan fingerprint density at radius 1 is 0.857 bits per heavy atom. The van der Waals surface area contributed by atoms with Crippen LogP contribution in [0.3, 0.4) is 0 Å². The summed E-state index contributed by atoms with van der Waals surface area (Å²) in [6.07, 6.45) is 0.559. The monoisotopic (exact) mass is 1550 g/mol. The van der Waals surface area contributed by atoms with Crippen LogP contribution < -0.4 is 59.2 Å². The highest BCUT2D eigenvalue weighted by atomic mass is 35.5. The van der Waals surface area contributed by atoms with Crippen LogP contribution in [0.5, 0.6) is 0 Å². The number of benzene rings is 2. The topological polar surface area (TPSA) is 391 Å². The molecule has 2 unspecified atom stereocenters. The van der Waals surface area contributed by atoms with Crippen molar-refractivity contribution in [1.82, 2.24) is 55.2 Å². The number of unbranched alkanes of at least 4 members (excludes halogenated alkanes) is 2. The maximum Gasteiger partial charge on any atom is 0.412 e. The number of aliphatic hydroxyl groups excluding tert-OH is 2. The van der Waals surface area contributed by atoms with E-state index in [4.69, 9.17) is 99.0 Å². The molecule has 2 aromatic carbocycles. The fourth-order valence-corrected chi connectivity index (χ4v) is 14.1. The zero-order chi connectivity index (χ0) is 72.5. The van der Waals surface area contributed by atoms with Crippen molar-refractivity contribution in [2.75, 3.05) is 125 Å². The van der Waals surface area contributed by atoms with E-state index in [2.05, 4.69) is 41.5 Å². The summed E-state index contributed by atoms with van der Waals surface area (Å²) in [5, 5.41) is 39.0. The molecule has 558 valence electrons. The number of anilines is 2. The molecule has 40 heteroatoms. The van der Waals surface area contributed by atoms with Gasteiger partial charge in [-0.25, -0.2) is 38.3 Å². The molecule has 3 saturated heterocycles. The highest BCUT2D eigenvalue weighted by Crippen LogP contribution is 2.49. The van der Waals surface area contributed by atoms with Crippen LogP contribution in [0, 0.1) is 11.6 Å². The molecule has 7 atom stereocenters. The Hall–Kier alpha value is -4.48. The van der Waals surface area contributed by atoms with Crippen molar-refractivity contribution in [3.8, 4) is 0 Å². The number of rotatable bonds is 29. The molecular formula is C58H93Cl6F3N14O15P2. The molecule has 0 saturated carbocycles. The second-order valence-electron chi connectivity index (χ2n) is 21.2. The van der Waals surface area contributed by atoms with Crippen LogP contribution in [0.4, 0.5) is 29.8 Å². The summed E-state index contributed by atoms with van der Waals surface area (Å²) < 4.78 is 75.4. The predicted molar refractivity (Wildman–Crippen MR) is 377 cm³/mol. The van der Waals surface area contributed by atoms with Gasteiger partial charge in [0.15, 0.2) is 17.9 Å². The molecule has 0 radical (unpaired) electrons. The van der Waals surface area contributed by atoms with Crippen molar-refractivity contribution in [3.05, 3.63) is 121 Å². The van der Waals surface area contributed by atoms with Gasteiger partial charge < -0.3 is 54.8 Å². The van der Waals surface area contributed by atoms with Crippen LogP contribution in [0.1, 0.15) is 87.5 Å². The first-order valence-electron chi connectivity index (χ1n) is 30.9. The van der Waals surface area contributed by atoms with Gasteiger partial charge in [-0.05, 0) is 88.9 Å². The molecule has 3 aliphatic heterocycles. The molecule has 29 nitrogen and oxygen atoms in total. The van der Waals surface area contributed by atoms with Crippen molar-refractivity contribution >= 4 is 114 Å². The smallest absolute Gasteiger partial charge is 0.412 e. The number of nitrogens with zero attached hydrogens (tertiary/aromatic N) is 5. The van der Waals surface area contributed by atoms with Crippen LogP contribution in [0.25, 0.3) is 0 Å². The van der Waals surface area contributed by atoms with Crippen LogP contribution in [-0.2, 0) is 45.4 Å². The van der Waals surface area contributed by atoms with E-state index in [-0.39, 0.29) is 23.3 Å². The lowest BCUT2D eigenvalue weighted by molar-refractivity contribution is -0.138. The minimum absolute atomic E-state index is 0. The first-order chi connectivity index (χ1) is 46.2. The summed E-state index contributed by atoms with van der Waals surface area (Å²) in [5.74, 6) is -0.814. The number of aliphatic carboxylic acids is 1. The van der Waals surface area contributed by atoms with Crippen molar-refractivity contribution < 1.29 is 70.8 Å². The molecule has 5 heterocycles. The second-order valence-corrected chi connectivity index (χ2v) is 27.9. The largest absolute Gasteiger partial charge is 0.480 e. The third-order valence-corrected chi connectivity index (χ3v) is 19.1. The van der Waals surface area contributed by atoms with Crippen LogP contribution >= 0.6 is 84.9 Å². The maximum atomic E-state index is 14.1. The zero-order valence-corrected chi connectivity index (χ0v) is 61.4. The van der Waals surface area contributed by atoms with E-state index in [1.54, 1.807) is 14.3 Å². The van der Waals surface area contributed by atoms with Crippen molar-refractivity contribution in [3.63, 3.8) is 0 Å². The fraction of sp³-hybridized carbons (Fsp3) is 0.603. The van der Waals surface area contributed by atoms with E-state index in [1.165, 1.54) is 6.92 Å². The number of hydrazine groups is 1. The number of aliphatic hydroxyl groups is 2. The second kappa shape index (κ2) is 50.8. The molecule has 0 aliphatic carbocycles. The fourth-order valence-electron chi connectivity index (χ4n) is 8.48. The number of hydrogen-bond acceptors (Lipinski definition) is 19. The van der Waals surface area contributed by atoms with E-state index >= 15 is 0 Å². The van der Waals surface area contributed by atoms with Gasteiger partial charge in [0.2, 0.25) is 5.82 Å². The van der Waals surface area contributed by atoms with Gasteiger partial charge in [0.1, 0.15) is 18.2 Å². The highest BCUT2D eigenvalue weighted by Gasteiger charge is 2.42. The number of hydrogen-bond donors (Lipinski definition) is 12. The van der Waals surface area contributed by atoms with Gasteiger partial charge in [-0.1, -0.05) is 44.0 Å². The molecule has 2 amide bonds. The lowest BCUT2D eigenvalue weighted by Gasteiger charge is -2.34. The number of carboxylic acids is 1. The summed E-state index contributed by atoms with van der Waals surface area (Å²) in [7, 11) is -3.86. The molecule has 2 aromatic heterocycles. The van der Waals surface area contributed by atoms with E-state index in [9.17, 15) is 56.9 Å². The first-order valence-corrected chi connectivity index (χ1v) is 37.3. The van der Waals surface area contributed by atoms with Gasteiger partial charge in [0.25, 0.3) is 11.5 Å². The number of carbonyl (C=O) groups excluding carboxylic acids is 2. The van der Waals surface area contributed by atoms with Gasteiger partial charge in [-0.2, -0.15) is 9.37 Å². The van der Waals surface area contributed by atoms with Gasteiger partial charge in [0, 0.05) is 118 Å². The average Bonchev–Trinajstić information content (AvgIpc) is 1.60. The van der Waals surface area contributed by atoms with E-state index < -0.39 is 92.4 Å². The number of alkyl halides is 6. The summed E-state index contributed by atoms with van der Waals surface area (Å²) in [6, 6.07) is 14.5. The zero-order valence-electron chi connectivity index (χ0n) is 55.1. The van der Waals surface area contributed by atoms with Gasteiger partial charge in [-0.3, -0.25) is 53.9 Å². The Morgan fingerprint density at radius 2 is 1.48 bits per heavy atom. The van der Waals surface area contributed by atoms with Crippen molar-refractivity contribution in [2.45, 2.75) is 109 Å². The van der Waals surface area contributed by atoms with E-state index in [1.807, 2.05) is 81.3 Å². The number of ether oxygens (including phenoxy) is 2. The molecular weight excluding hydrogens is 1460 g/mol. The molecule has 98 heavy (non-hydrogen) atoms. The number of carbonyl (C=O) groups is 3. The van der Waals surface area contributed by atoms with Crippen LogP contribution in [0.2, 0.25) is 0 Å². The molecule has 3 aliphatic rings. The molecule has 0 bridgehead atoms. The molecule has 0 spiro atoms. The Kier molecular flexibility index (Phi) is 47.4. The summed E-state index contributed by atoms with van der Waals surface area (Å²) in [4.78, 5) is 75.5. The number of H-pyrrole nitrogens is 2. The molecule has 3 fully saturated rings. The number of carboxylic acid groups (broad SMARTS) is 1. The predicted octanol–water partition coefficient (Wildman–Crippen LogP) is 6.86. The third-order valence-electron chi connectivity index (χ3n) is 13.4. The van der Waals surface area contributed by atoms with E-state index in [0.29, 0.717) is 99.3 Å². The Labute approximate surface area is 597 Å². The first kappa shape index (κ1) is 91.5. The minimum Gasteiger partial charge on any atom is -0.480 e. The van der Waals surface area contributed by atoms with Crippen molar-refractivity contribution in [1.29, 1.82) is 0 Å². The maximum absolute atomic E-state index is 14.1. The van der Waals surface area contributed by atoms with Crippen molar-refractivity contribution in [2.24, 2.45) is 5.73 Å². The number of halogens is 9. The van der Waals surface area contributed by atoms with Crippen LogP contribution in [-0.4, -0.2) is 207 Å². The standard InChI is InChI=1S/C15H22FN3O6.C13H18Cl2N2O2.C12H19N3O.2C7H15Cl2N2O2P.C4H3FN2O2.FH/c1-3-4-5-6-24-15(23)18-12-9(16)7-19(14(22)17-12)13-11(21)10(20)8(2)25-13;14-5-7-17(8-6-15)11-3-1-10(2-4-11)9-12(16)13(18)19;1-9(2)15-12(16)11-6-4-10(5-7-11)8-14-13-3;8-2-4-10-14(12)11(6-3-9)5-1-7-13-14;8-2-5-11(6-3-9)14(12)10-4-1-7-13-14;5-2-1-6-4(9)7-3(2)8;/h7-8,10-11,13,20-21H,3-6H2,1-2H3,(H,17,18,22,23);1-4,12H,5-9,16H2,(H,18,19);4-7,9,13-14H,8H2,1-3H3,(H,15,16);2*1-7H2,(H,10,12);1H,(H2,6,7,8,9);1H/t8-,10-,11-,13-;12-;;;;;/m10...../s1. The average molecular weight is 1560 g/mol. The number of aromatic nitrogens is 4. The number of nitrogens with one attached hydrogen (secondary N) is 8. The summed E-state index contributed by atoms with van der Waals surface area (Å²) in [5.41, 5.74) is 12.4.